The number of fused-ring (bicyclic) bond motifs is 1. The number of aryl methyl sites for hydroxylation is 3. The van der Waals surface area contributed by atoms with Crippen molar-refractivity contribution in [2.24, 2.45) is 11.3 Å². The highest BCUT2D eigenvalue weighted by Crippen LogP contribution is 2.29. The van der Waals surface area contributed by atoms with Gasteiger partial charge in [0.1, 0.15) is 12.0 Å². The molecule has 2 amide bonds. The van der Waals surface area contributed by atoms with Crippen molar-refractivity contribution in [3.05, 3.63) is 41.1 Å². The first kappa shape index (κ1) is 22.3. The quantitative estimate of drug-likeness (QED) is 0.583. The summed E-state index contributed by atoms with van der Waals surface area (Å²) in [5.41, 5.74) is 7.39. The van der Waals surface area contributed by atoms with Gasteiger partial charge in [-0.3, -0.25) is 19.9 Å². The predicted octanol–water partition coefficient (Wildman–Crippen LogP) is 2.33. The Morgan fingerprint density at radius 3 is 2.62 bits per heavy atom. The standard InChI is InChI=1S/C23H33N7O2/c1-13-7-8-16(9-14(13)2)29-20-17(12-24-29)21(32)27-22(26-20)30-18(10-15(3)28-30)25-19(31)11-23(4,5)6/h7-10,17,20,22,24,26H,11-12H2,1-6H3,(H,25,31)(H,27,32). The highest BCUT2D eigenvalue weighted by molar-refractivity contribution is 5.90. The number of aromatic nitrogens is 2. The van der Waals surface area contributed by atoms with Crippen molar-refractivity contribution in [1.29, 1.82) is 0 Å². The third-order valence-electron chi connectivity index (χ3n) is 5.91. The van der Waals surface area contributed by atoms with Crippen LogP contribution in [-0.2, 0) is 9.59 Å². The molecule has 0 radical (unpaired) electrons. The molecule has 0 bridgehead atoms. The van der Waals surface area contributed by atoms with Gasteiger partial charge >= 0.3 is 0 Å². The number of nitrogens with one attached hydrogen (secondary N) is 4. The van der Waals surface area contributed by atoms with E-state index in [1.54, 1.807) is 4.68 Å². The van der Waals surface area contributed by atoms with Gasteiger partial charge in [-0.1, -0.05) is 26.8 Å². The van der Waals surface area contributed by atoms with Gasteiger partial charge in [-0.2, -0.15) is 5.10 Å². The van der Waals surface area contributed by atoms with Crippen LogP contribution >= 0.6 is 0 Å². The molecule has 3 heterocycles. The summed E-state index contributed by atoms with van der Waals surface area (Å²) in [6.45, 7) is 12.6. The van der Waals surface area contributed by atoms with Crippen LogP contribution in [0.5, 0.6) is 0 Å². The lowest BCUT2D eigenvalue weighted by Crippen LogP contribution is -2.61. The summed E-state index contributed by atoms with van der Waals surface area (Å²) in [7, 11) is 0. The lowest BCUT2D eigenvalue weighted by molar-refractivity contribution is -0.129. The number of hydrazine groups is 1. The normalized spacial score (nSPS) is 23.1. The number of amides is 2. The first-order valence-electron chi connectivity index (χ1n) is 11.0. The molecule has 2 aliphatic rings. The Bertz CT molecular complexity index is 1040. The number of benzene rings is 1. The zero-order valence-electron chi connectivity index (χ0n) is 19.6. The number of carbonyl (C=O) groups is 2. The SMILES string of the molecule is Cc1cc(NC(=O)CC(C)(C)C)n(C2NC(=O)C3CNN(c4ccc(C)c(C)c4)C3N2)n1. The topological polar surface area (TPSA) is 103 Å². The average Bonchev–Trinajstić information content (AvgIpc) is 3.26. The van der Waals surface area contributed by atoms with E-state index in [1.807, 2.05) is 38.8 Å². The maximum Gasteiger partial charge on any atom is 0.230 e. The monoisotopic (exact) mass is 439 g/mol. The molecule has 9 heteroatoms. The van der Waals surface area contributed by atoms with Crippen molar-refractivity contribution in [2.75, 3.05) is 16.9 Å². The zero-order valence-corrected chi connectivity index (χ0v) is 19.6. The number of hydrogen-bond acceptors (Lipinski definition) is 6. The Kier molecular flexibility index (Phi) is 5.72. The van der Waals surface area contributed by atoms with Gasteiger partial charge < -0.3 is 10.6 Å². The van der Waals surface area contributed by atoms with Crippen LogP contribution in [0.25, 0.3) is 0 Å². The maximum absolute atomic E-state index is 12.9. The third kappa shape index (κ3) is 4.49. The molecule has 4 N–H and O–H groups in total. The second-order valence-corrected chi connectivity index (χ2v) is 10.0. The molecule has 0 saturated carbocycles. The van der Waals surface area contributed by atoms with E-state index in [-0.39, 0.29) is 29.3 Å². The molecule has 3 unspecified atom stereocenters. The summed E-state index contributed by atoms with van der Waals surface area (Å²) in [6.07, 6.45) is -0.452. The van der Waals surface area contributed by atoms with E-state index < -0.39 is 6.29 Å². The lowest BCUT2D eigenvalue weighted by atomic mass is 9.92. The van der Waals surface area contributed by atoms with Gasteiger partial charge in [-0.15, -0.1) is 0 Å². The second-order valence-electron chi connectivity index (χ2n) is 10.0. The molecule has 4 rings (SSSR count). The Morgan fingerprint density at radius 1 is 1.19 bits per heavy atom. The second kappa shape index (κ2) is 8.22. The minimum Gasteiger partial charge on any atom is -0.321 e. The molecular formula is C23H33N7O2. The number of nitrogens with zero attached hydrogens (tertiary/aromatic N) is 3. The molecule has 2 saturated heterocycles. The Hall–Kier alpha value is -2.91. The number of anilines is 2. The molecule has 3 atom stereocenters. The third-order valence-corrected chi connectivity index (χ3v) is 5.91. The van der Waals surface area contributed by atoms with Crippen molar-refractivity contribution >= 4 is 23.3 Å². The van der Waals surface area contributed by atoms with E-state index in [0.29, 0.717) is 18.8 Å². The average molecular weight is 440 g/mol. The summed E-state index contributed by atoms with van der Waals surface area (Å²) < 4.78 is 1.64. The smallest absolute Gasteiger partial charge is 0.230 e. The van der Waals surface area contributed by atoms with E-state index >= 15 is 0 Å². The first-order valence-corrected chi connectivity index (χ1v) is 11.0. The molecular weight excluding hydrogens is 406 g/mol. The summed E-state index contributed by atoms with van der Waals surface area (Å²) in [4.78, 5) is 25.5. The van der Waals surface area contributed by atoms with Crippen molar-refractivity contribution in [2.45, 2.75) is 60.4 Å². The Labute approximate surface area is 188 Å². The van der Waals surface area contributed by atoms with Crippen LogP contribution in [0.3, 0.4) is 0 Å². The first-order chi connectivity index (χ1) is 15.0. The minimum atomic E-state index is -0.587. The fraction of sp³-hybridized carbons (Fsp3) is 0.522. The van der Waals surface area contributed by atoms with Crippen LogP contribution in [0.4, 0.5) is 11.5 Å². The van der Waals surface area contributed by atoms with Gasteiger partial charge in [0, 0.05) is 19.0 Å². The summed E-state index contributed by atoms with van der Waals surface area (Å²) >= 11 is 0. The van der Waals surface area contributed by atoms with Crippen molar-refractivity contribution < 1.29 is 9.59 Å². The zero-order chi connectivity index (χ0) is 23.2. The van der Waals surface area contributed by atoms with E-state index in [2.05, 4.69) is 58.5 Å². The van der Waals surface area contributed by atoms with E-state index in [0.717, 1.165) is 11.4 Å². The predicted molar refractivity (Wildman–Crippen MR) is 124 cm³/mol. The molecule has 2 aliphatic heterocycles. The fourth-order valence-corrected chi connectivity index (χ4v) is 4.19. The van der Waals surface area contributed by atoms with Crippen LogP contribution in [0.2, 0.25) is 0 Å². The number of carbonyl (C=O) groups excluding carboxylic acids is 2. The Morgan fingerprint density at radius 2 is 1.94 bits per heavy atom. The molecule has 2 fully saturated rings. The van der Waals surface area contributed by atoms with E-state index in [9.17, 15) is 9.59 Å². The summed E-state index contributed by atoms with van der Waals surface area (Å²) in [5.74, 6) is 0.163. The van der Waals surface area contributed by atoms with Gasteiger partial charge in [-0.25, -0.2) is 10.1 Å². The van der Waals surface area contributed by atoms with Gasteiger partial charge in [0.05, 0.1) is 17.3 Å². The van der Waals surface area contributed by atoms with Gasteiger partial charge in [-0.05, 0) is 49.4 Å². The molecule has 2 aromatic rings. The van der Waals surface area contributed by atoms with Gasteiger partial charge in [0.15, 0.2) is 6.29 Å². The summed E-state index contributed by atoms with van der Waals surface area (Å²) in [5, 5.41) is 16.0. The number of rotatable bonds is 4. The highest BCUT2D eigenvalue weighted by Gasteiger charge is 2.45. The van der Waals surface area contributed by atoms with Gasteiger partial charge in [0.2, 0.25) is 11.8 Å². The molecule has 0 aliphatic carbocycles. The van der Waals surface area contributed by atoms with Crippen LogP contribution in [0.1, 0.15) is 50.3 Å². The van der Waals surface area contributed by atoms with Crippen LogP contribution in [0.15, 0.2) is 24.3 Å². The largest absolute Gasteiger partial charge is 0.321 e. The van der Waals surface area contributed by atoms with Crippen LogP contribution in [-0.4, -0.2) is 34.3 Å². The number of hydrogen-bond donors (Lipinski definition) is 4. The molecule has 0 spiro atoms. The van der Waals surface area contributed by atoms with E-state index in [1.165, 1.54) is 11.1 Å². The van der Waals surface area contributed by atoms with Crippen LogP contribution < -0.4 is 26.4 Å². The minimum absolute atomic E-state index is 0.0577. The molecule has 1 aromatic heterocycles. The van der Waals surface area contributed by atoms with Crippen molar-refractivity contribution in [3.63, 3.8) is 0 Å². The maximum atomic E-state index is 12.9. The molecule has 9 nitrogen and oxygen atoms in total. The van der Waals surface area contributed by atoms with Gasteiger partial charge in [0.25, 0.3) is 0 Å². The van der Waals surface area contributed by atoms with Crippen molar-refractivity contribution in [1.82, 2.24) is 25.8 Å². The van der Waals surface area contributed by atoms with Crippen LogP contribution in [0, 0.1) is 32.1 Å². The fourth-order valence-electron chi connectivity index (χ4n) is 4.19. The lowest BCUT2D eigenvalue weighted by Gasteiger charge is -2.37. The highest BCUT2D eigenvalue weighted by atomic mass is 16.2. The summed E-state index contributed by atoms with van der Waals surface area (Å²) in [6, 6.07) is 8.06. The molecule has 172 valence electrons. The van der Waals surface area contributed by atoms with Crippen molar-refractivity contribution in [3.8, 4) is 0 Å². The van der Waals surface area contributed by atoms with E-state index in [4.69, 9.17) is 0 Å². The molecule has 1 aromatic carbocycles. The molecule has 32 heavy (non-hydrogen) atoms. The Balaban J connectivity index is 1.58.